The van der Waals surface area contributed by atoms with Crippen LogP contribution in [0, 0.1) is 24.7 Å². The first kappa shape index (κ1) is 31.1. The lowest BCUT2D eigenvalue weighted by molar-refractivity contribution is -0.205. The number of hydrogen-bond donors (Lipinski definition) is 0. The Labute approximate surface area is 289 Å². The highest BCUT2D eigenvalue weighted by Gasteiger charge is 2.76. The number of benzene rings is 2. The van der Waals surface area contributed by atoms with Gasteiger partial charge in [0, 0.05) is 73.4 Å². The van der Waals surface area contributed by atoms with Crippen LogP contribution in [0.3, 0.4) is 0 Å². The van der Waals surface area contributed by atoms with Gasteiger partial charge >= 0.3 is 11.9 Å². The van der Waals surface area contributed by atoms with Crippen molar-refractivity contribution in [1.82, 2.24) is 0 Å². The third kappa shape index (κ3) is 4.30. The number of nitrogens with zero attached hydrogens (tertiary/aromatic N) is 2. The number of carbonyl (C=O) groups is 4. The molecule has 3 saturated carbocycles. The van der Waals surface area contributed by atoms with Crippen molar-refractivity contribution in [2.45, 2.75) is 58.8 Å². The van der Waals surface area contributed by atoms with Crippen LogP contribution in [0.15, 0.2) is 22.9 Å². The van der Waals surface area contributed by atoms with Gasteiger partial charge in [0.15, 0.2) is 11.5 Å². The number of amides is 2. The van der Waals surface area contributed by atoms with E-state index < -0.39 is 22.8 Å². The molecule has 8 nitrogen and oxygen atoms in total. The minimum atomic E-state index is -0.625. The Hall–Kier alpha value is -3.18. The quantitative estimate of drug-likeness (QED) is 0.115. The zero-order chi connectivity index (χ0) is 33.2. The van der Waals surface area contributed by atoms with Crippen LogP contribution in [-0.2, 0) is 19.2 Å². The summed E-state index contributed by atoms with van der Waals surface area (Å²) < 4.78 is 13.0. The molecule has 0 saturated heterocycles. The van der Waals surface area contributed by atoms with Crippen molar-refractivity contribution < 1.29 is 28.7 Å². The molecular formula is C35H32Cl2N2O6S2. The number of thiophene rings is 2. The van der Waals surface area contributed by atoms with E-state index >= 15 is 0 Å². The second-order valence-electron chi connectivity index (χ2n) is 13.7. The van der Waals surface area contributed by atoms with Crippen molar-refractivity contribution in [1.29, 1.82) is 0 Å². The molecule has 0 radical (unpaired) electrons. The summed E-state index contributed by atoms with van der Waals surface area (Å²) in [5, 5.41) is 6.07. The third-order valence-corrected chi connectivity index (χ3v) is 13.5. The summed E-state index contributed by atoms with van der Waals surface area (Å²) >= 11 is 16.0. The Bertz CT molecular complexity index is 1920. The second kappa shape index (κ2) is 10.7. The highest BCUT2D eigenvalue weighted by Crippen LogP contribution is 2.75. The number of halogens is 2. The number of ether oxygens (including phenoxy) is 2. The number of alkyl halides is 2. The Morgan fingerprint density at radius 3 is 1.47 bits per heavy atom. The molecule has 2 amide bonds. The maximum absolute atomic E-state index is 14.4. The first-order valence-corrected chi connectivity index (χ1v) is 18.5. The largest absolute Gasteiger partial charge is 0.425 e. The molecule has 2 aliphatic heterocycles. The van der Waals surface area contributed by atoms with E-state index in [4.69, 9.17) is 32.7 Å². The van der Waals surface area contributed by atoms with E-state index in [1.807, 2.05) is 46.5 Å². The van der Waals surface area contributed by atoms with Crippen LogP contribution in [0.4, 0.5) is 11.4 Å². The fourth-order valence-corrected chi connectivity index (χ4v) is 11.3. The summed E-state index contributed by atoms with van der Waals surface area (Å²) in [4.78, 5) is 56.4. The maximum atomic E-state index is 14.4. The predicted molar refractivity (Wildman–Crippen MR) is 186 cm³/mol. The molecule has 0 unspecified atom stereocenters. The lowest BCUT2D eigenvalue weighted by Crippen LogP contribution is -2.73. The summed E-state index contributed by atoms with van der Waals surface area (Å²) in [7, 11) is 0. The molecular weight excluding hydrogens is 679 g/mol. The smallest absolute Gasteiger partial charge is 0.308 e. The molecule has 47 heavy (non-hydrogen) atoms. The highest BCUT2D eigenvalue weighted by molar-refractivity contribution is 7.18. The molecule has 5 aliphatic rings. The molecule has 3 fully saturated rings. The van der Waals surface area contributed by atoms with Crippen molar-refractivity contribution in [3.05, 3.63) is 45.1 Å². The monoisotopic (exact) mass is 710 g/mol. The average Bonchev–Trinajstić information content (AvgIpc) is 3.74. The minimum absolute atomic E-state index is 0.00439. The normalized spacial score (nSPS) is 25.4. The number of rotatable bonds is 6. The van der Waals surface area contributed by atoms with Crippen molar-refractivity contribution >= 4 is 101 Å². The van der Waals surface area contributed by atoms with Crippen LogP contribution in [0.1, 0.15) is 67.2 Å². The van der Waals surface area contributed by atoms with Gasteiger partial charge in [0.25, 0.3) is 0 Å². The Balaban J connectivity index is 1.10. The fraction of sp³-hybridized carbons (Fsp3) is 0.429. The summed E-state index contributed by atoms with van der Waals surface area (Å²) in [5.74, 6) is 0.644. The van der Waals surface area contributed by atoms with E-state index in [-0.39, 0.29) is 23.7 Å². The van der Waals surface area contributed by atoms with Gasteiger partial charge in [0.2, 0.25) is 11.8 Å². The number of carbonyl (C=O) groups excluding carboxylic acids is 4. The summed E-state index contributed by atoms with van der Waals surface area (Å²) in [6.07, 6.45) is 1.42. The van der Waals surface area contributed by atoms with Crippen LogP contribution >= 0.6 is 45.9 Å². The van der Waals surface area contributed by atoms with Crippen molar-refractivity contribution in [3.8, 4) is 11.5 Å². The Morgan fingerprint density at radius 1 is 0.745 bits per heavy atom. The number of fused-ring (bicyclic) bond motifs is 6. The van der Waals surface area contributed by atoms with Crippen molar-refractivity contribution in [2.24, 2.45) is 10.8 Å². The van der Waals surface area contributed by atoms with Gasteiger partial charge in [-0.2, -0.15) is 0 Å². The van der Waals surface area contributed by atoms with Crippen molar-refractivity contribution in [2.75, 3.05) is 34.6 Å². The van der Waals surface area contributed by atoms with Crippen LogP contribution in [0.2, 0.25) is 0 Å². The van der Waals surface area contributed by atoms with Crippen LogP contribution in [0.25, 0.3) is 20.2 Å². The molecule has 0 N–H and O–H groups in total. The van der Waals surface area contributed by atoms with Crippen LogP contribution < -0.4 is 19.3 Å². The highest BCUT2D eigenvalue weighted by atomic mass is 35.5. The van der Waals surface area contributed by atoms with Gasteiger partial charge in [0.1, 0.15) is 0 Å². The standard InChI is InChI=1S/C35H32Cl2N2O6S2/c1-16-11-46-30-24(44-18(3)40)5-22-28(26(16)30)20(7-36)9-38(22)32(42)34-13-35(14-34,15-34)33(43)39-10-21(8-37)29-23(39)6-25(45-19(4)41)31-27(29)17(2)12-47-31/h5-6,11-12,20-21H,7-10,13-15H2,1-4H3/t20-,21-,34?,35?/m1/s1. The maximum Gasteiger partial charge on any atom is 0.308 e. The van der Waals surface area contributed by atoms with Gasteiger partial charge in [-0.15, -0.1) is 45.9 Å². The van der Waals surface area contributed by atoms with Crippen LogP contribution in [0.5, 0.6) is 11.5 Å². The first-order chi connectivity index (χ1) is 22.4. The van der Waals surface area contributed by atoms with E-state index in [1.165, 1.54) is 36.5 Å². The second-order valence-corrected chi connectivity index (χ2v) is 16.0. The van der Waals surface area contributed by atoms with E-state index in [1.54, 1.807) is 0 Å². The Morgan fingerprint density at radius 2 is 1.13 bits per heavy atom. The molecule has 9 rings (SSSR count). The fourth-order valence-electron chi connectivity index (χ4n) is 8.72. The molecule has 4 aromatic rings. The SMILES string of the molecule is CC(=O)Oc1cc2c(c3c(C)csc13)[C@H](CCl)CN2C(=O)C12CC(C(=O)N3C[C@@H](CCl)c4c3cc(OC(C)=O)c3scc(C)c43)(C1)C2. The molecule has 2 bridgehead atoms. The minimum Gasteiger partial charge on any atom is -0.425 e. The molecule has 12 heteroatoms. The van der Waals surface area contributed by atoms with E-state index in [9.17, 15) is 19.2 Å². The molecule has 0 spiro atoms. The third-order valence-electron chi connectivity index (χ3n) is 10.5. The van der Waals surface area contributed by atoms with E-state index in [2.05, 4.69) is 0 Å². The van der Waals surface area contributed by atoms with Crippen molar-refractivity contribution in [3.63, 3.8) is 0 Å². The van der Waals surface area contributed by atoms with Gasteiger partial charge < -0.3 is 19.3 Å². The molecule has 2 atom stereocenters. The zero-order valence-electron chi connectivity index (χ0n) is 26.3. The lowest BCUT2D eigenvalue weighted by Gasteiger charge is -2.69. The molecule has 3 aliphatic carbocycles. The zero-order valence-corrected chi connectivity index (χ0v) is 29.5. The number of hydrogen-bond acceptors (Lipinski definition) is 8. The lowest BCUT2D eigenvalue weighted by atomic mass is 9.34. The predicted octanol–water partition coefficient (Wildman–Crippen LogP) is 7.79. The van der Waals surface area contributed by atoms with E-state index in [0.29, 0.717) is 55.6 Å². The number of anilines is 2. The molecule has 2 aromatic carbocycles. The van der Waals surface area contributed by atoms with Crippen LogP contribution in [-0.4, -0.2) is 48.6 Å². The summed E-state index contributed by atoms with van der Waals surface area (Å²) in [6, 6.07) is 3.63. The molecule has 4 heterocycles. The van der Waals surface area contributed by atoms with Gasteiger partial charge in [-0.25, -0.2) is 0 Å². The first-order valence-electron chi connectivity index (χ1n) is 15.6. The topological polar surface area (TPSA) is 93.2 Å². The Kier molecular flexibility index (Phi) is 7.06. The summed E-state index contributed by atoms with van der Waals surface area (Å²) in [6.45, 7) is 7.68. The van der Waals surface area contributed by atoms with Gasteiger partial charge in [-0.05, 0) is 66.1 Å². The average molecular weight is 712 g/mol. The number of aryl methyl sites for hydroxylation is 2. The van der Waals surface area contributed by atoms with E-state index in [0.717, 1.165) is 53.8 Å². The molecule has 244 valence electrons. The number of esters is 2. The molecule has 2 aromatic heterocycles. The van der Waals surface area contributed by atoms with Gasteiger partial charge in [-0.3, -0.25) is 19.2 Å². The van der Waals surface area contributed by atoms with Gasteiger partial charge in [0.05, 0.1) is 31.6 Å². The van der Waals surface area contributed by atoms with Gasteiger partial charge in [-0.1, -0.05) is 0 Å². The summed E-state index contributed by atoms with van der Waals surface area (Å²) in [5.41, 5.74) is 4.39.